The molecule has 1 amide bonds. The van der Waals surface area contributed by atoms with Crippen molar-refractivity contribution in [1.29, 1.82) is 0 Å². The SMILES string of the molecule is CNC(=O)c1c(C2=CNC(F)C=C2)oc2cc(N(C)S(C)(=O)=O)c(-c3ccc4nc(CN5CC(F)C5)n5c6cccc(F)c6cc5c4n3)cc12. The van der Waals surface area contributed by atoms with Gasteiger partial charge in [0.1, 0.15) is 34.7 Å². The van der Waals surface area contributed by atoms with Crippen LogP contribution in [0.5, 0.6) is 0 Å². The molecule has 2 aliphatic rings. The fourth-order valence-electron chi connectivity index (χ4n) is 6.59. The Kier molecular flexibility index (Phi) is 7.38. The number of benzene rings is 2. The van der Waals surface area contributed by atoms with E-state index in [9.17, 15) is 22.0 Å². The minimum atomic E-state index is -3.80. The monoisotopic (exact) mass is 701 g/mol. The predicted octanol–water partition coefficient (Wildman–Crippen LogP) is 5.29. The van der Waals surface area contributed by atoms with Crippen LogP contribution in [0, 0.1) is 5.82 Å². The van der Waals surface area contributed by atoms with Gasteiger partial charge in [-0.15, -0.1) is 0 Å². The van der Waals surface area contributed by atoms with Gasteiger partial charge in [0.15, 0.2) is 6.30 Å². The van der Waals surface area contributed by atoms with Gasteiger partial charge in [0, 0.05) is 61.4 Å². The largest absolute Gasteiger partial charge is 0.455 e. The molecule has 0 spiro atoms. The Hall–Kier alpha value is -5.41. The van der Waals surface area contributed by atoms with E-state index in [1.54, 1.807) is 36.4 Å². The van der Waals surface area contributed by atoms with Gasteiger partial charge in [0.2, 0.25) is 10.0 Å². The minimum absolute atomic E-state index is 0.160. The number of hydrogen-bond donors (Lipinski definition) is 2. The Morgan fingerprint density at radius 1 is 1.10 bits per heavy atom. The summed E-state index contributed by atoms with van der Waals surface area (Å²) in [4.78, 5) is 25.1. The third-order valence-electron chi connectivity index (χ3n) is 9.17. The fourth-order valence-corrected chi connectivity index (χ4v) is 7.10. The zero-order chi connectivity index (χ0) is 35.1. The second-order valence-electron chi connectivity index (χ2n) is 12.4. The number of furan rings is 1. The van der Waals surface area contributed by atoms with Crippen LogP contribution in [-0.2, 0) is 16.6 Å². The molecule has 0 saturated carbocycles. The maximum Gasteiger partial charge on any atom is 0.255 e. The molecule has 6 aromatic rings. The normalized spacial score (nSPS) is 17.0. The number of sulfonamides is 1. The molecule has 50 heavy (non-hydrogen) atoms. The Morgan fingerprint density at radius 2 is 1.90 bits per heavy atom. The van der Waals surface area contributed by atoms with Crippen molar-refractivity contribution in [2.45, 2.75) is 19.0 Å². The summed E-state index contributed by atoms with van der Waals surface area (Å²) in [7, 11) is -0.935. The third-order valence-corrected chi connectivity index (χ3v) is 10.4. The van der Waals surface area contributed by atoms with Crippen molar-refractivity contribution in [2.24, 2.45) is 0 Å². The molecule has 8 rings (SSSR count). The van der Waals surface area contributed by atoms with Gasteiger partial charge in [-0.05, 0) is 48.6 Å². The van der Waals surface area contributed by atoms with E-state index in [0.717, 1.165) is 10.6 Å². The highest BCUT2D eigenvalue weighted by Crippen LogP contribution is 2.41. The van der Waals surface area contributed by atoms with Crippen LogP contribution in [0.4, 0.5) is 18.9 Å². The van der Waals surface area contributed by atoms with E-state index >= 15 is 4.39 Å². The molecular formula is C35H30F3N7O4S. The Labute approximate surface area is 283 Å². The predicted molar refractivity (Wildman–Crippen MR) is 185 cm³/mol. The second kappa shape index (κ2) is 11.6. The summed E-state index contributed by atoms with van der Waals surface area (Å²) in [5.74, 6) is -0.143. The number of carbonyl (C=O) groups is 1. The maximum absolute atomic E-state index is 15.1. The van der Waals surface area contributed by atoms with E-state index in [1.807, 2.05) is 9.30 Å². The summed E-state index contributed by atoms with van der Waals surface area (Å²) in [6, 6.07) is 13.1. The number of pyridine rings is 1. The van der Waals surface area contributed by atoms with Crippen molar-refractivity contribution in [3.63, 3.8) is 0 Å². The maximum atomic E-state index is 15.1. The number of aromatic nitrogens is 3. The molecule has 2 aromatic carbocycles. The number of anilines is 1. The molecular weight excluding hydrogens is 671 g/mol. The van der Waals surface area contributed by atoms with Gasteiger partial charge in [-0.3, -0.25) is 18.4 Å². The molecule has 1 saturated heterocycles. The van der Waals surface area contributed by atoms with Crippen LogP contribution in [0.1, 0.15) is 21.9 Å². The lowest BCUT2D eigenvalue weighted by Gasteiger charge is -2.34. The van der Waals surface area contributed by atoms with E-state index in [4.69, 9.17) is 14.4 Å². The Morgan fingerprint density at radius 3 is 2.60 bits per heavy atom. The highest BCUT2D eigenvalue weighted by molar-refractivity contribution is 7.92. The molecule has 2 N–H and O–H groups in total. The zero-order valence-corrected chi connectivity index (χ0v) is 27.9. The number of amides is 1. The molecule has 6 heterocycles. The van der Waals surface area contributed by atoms with Crippen LogP contribution in [0.3, 0.4) is 0 Å². The van der Waals surface area contributed by atoms with Crippen LogP contribution >= 0.6 is 0 Å². The summed E-state index contributed by atoms with van der Waals surface area (Å²) in [5, 5.41) is 5.92. The van der Waals surface area contributed by atoms with Crippen LogP contribution in [-0.4, -0.2) is 79.5 Å². The first-order valence-electron chi connectivity index (χ1n) is 15.7. The van der Waals surface area contributed by atoms with E-state index in [2.05, 4.69) is 10.6 Å². The summed E-state index contributed by atoms with van der Waals surface area (Å²) >= 11 is 0. The van der Waals surface area contributed by atoms with Crippen molar-refractivity contribution in [3.8, 4) is 11.3 Å². The number of nitrogens with one attached hydrogen (secondary N) is 2. The lowest BCUT2D eigenvalue weighted by molar-refractivity contribution is 0.0567. The highest BCUT2D eigenvalue weighted by Gasteiger charge is 2.29. The quantitative estimate of drug-likeness (QED) is 0.215. The van der Waals surface area contributed by atoms with Crippen LogP contribution in [0.15, 0.2) is 71.3 Å². The number of allylic oxidation sites excluding steroid dienone is 2. The average molecular weight is 702 g/mol. The third kappa shape index (κ3) is 5.15. The first-order valence-corrected chi connectivity index (χ1v) is 17.6. The van der Waals surface area contributed by atoms with Crippen LogP contribution in [0.25, 0.3) is 55.3 Å². The summed E-state index contributed by atoms with van der Waals surface area (Å²) < 4.78 is 77.6. The number of hydrogen-bond acceptors (Lipinski definition) is 8. The number of fused-ring (bicyclic) bond motifs is 6. The molecule has 2 aliphatic heterocycles. The van der Waals surface area contributed by atoms with E-state index in [0.29, 0.717) is 62.0 Å². The Bertz CT molecular complexity index is 2570. The smallest absolute Gasteiger partial charge is 0.255 e. The van der Waals surface area contributed by atoms with Gasteiger partial charge in [-0.1, -0.05) is 6.07 Å². The lowest BCUT2D eigenvalue weighted by Crippen LogP contribution is -2.47. The number of halogens is 3. The lowest BCUT2D eigenvalue weighted by atomic mass is 10.00. The number of rotatable bonds is 7. The number of dihydropyridines is 1. The van der Waals surface area contributed by atoms with Crippen molar-refractivity contribution >= 4 is 65.6 Å². The molecule has 1 atom stereocenters. The van der Waals surface area contributed by atoms with Crippen molar-refractivity contribution < 1.29 is 30.8 Å². The van der Waals surface area contributed by atoms with Gasteiger partial charge < -0.3 is 15.1 Å². The standard InChI is InChI=1S/C35H30F3N7O4S/c1-39-35(46)32-22-11-21(27(43(2)50(3,47)48)13-29(22)49-34(32)18-7-10-30(38)40-14-18)24-8-9-25-33(42-24)28-12-20-23(37)5-4-6-26(20)45(28)31(41-25)17-44-15-19(36)16-44/h4-14,19,30,40H,15-17H2,1-3H3,(H,39,46). The van der Waals surface area contributed by atoms with Crippen molar-refractivity contribution in [1.82, 2.24) is 29.9 Å². The average Bonchev–Trinajstić information content (AvgIpc) is 3.66. The van der Waals surface area contributed by atoms with Crippen LogP contribution < -0.4 is 14.9 Å². The highest BCUT2D eigenvalue weighted by atomic mass is 32.2. The van der Waals surface area contributed by atoms with Crippen LogP contribution in [0.2, 0.25) is 0 Å². The van der Waals surface area contributed by atoms with Gasteiger partial charge in [0.25, 0.3) is 5.91 Å². The molecule has 0 radical (unpaired) electrons. The van der Waals surface area contributed by atoms with Gasteiger partial charge in [-0.2, -0.15) is 0 Å². The topological polar surface area (TPSA) is 125 Å². The van der Waals surface area contributed by atoms with Gasteiger partial charge in [-0.25, -0.2) is 31.6 Å². The Balaban J connectivity index is 1.39. The summed E-state index contributed by atoms with van der Waals surface area (Å²) in [6.45, 7) is 0.895. The molecule has 256 valence electrons. The van der Waals surface area contributed by atoms with E-state index < -0.39 is 34.2 Å². The molecule has 1 unspecified atom stereocenters. The molecule has 4 aromatic heterocycles. The molecule has 0 aliphatic carbocycles. The van der Waals surface area contributed by atoms with Gasteiger partial charge >= 0.3 is 0 Å². The molecule has 11 nitrogen and oxygen atoms in total. The minimum Gasteiger partial charge on any atom is -0.455 e. The first kappa shape index (κ1) is 31.8. The zero-order valence-electron chi connectivity index (χ0n) is 27.0. The number of likely N-dealkylation sites (tertiary alicyclic amines) is 1. The van der Waals surface area contributed by atoms with Gasteiger partial charge in [0.05, 0.1) is 46.3 Å². The molecule has 15 heteroatoms. The van der Waals surface area contributed by atoms with Crippen molar-refractivity contribution in [2.75, 3.05) is 37.7 Å². The second-order valence-corrected chi connectivity index (χ2v) is 14.4. The number of nitrogens with zero attached hydrogens (tertiary/aromatic N) is 5. The first-order chi connectivity index (χ1) is 23.9. The number of carbonyl (C=O) groups excluding carboxylic acids is 1. The molecule has 0 bridgehead atoms. The fraction of sp³-hybridized carbons (Fsp3) is 0.229. The van der Waals surface area contributed by atoms with Crippen molar-refractivity contribution in [3.05, 3.63) is 89.8 Å². The van der Waals surface area contributed by atoms with E-state index in [1.165, 1.54) is 44.6 Å². The molecule has 1 fully saturated rings. The summed E-state index contributed by atoms with van der Waals surface area (Å²) in [6.07, 6.45) is 2.93. The number of alkyl halides is 2. The summed E-state index contributed by atoms with van der Waals surface area (Å²) in [5.41, 5.74) is 3.78. The van der Waals surface area contributed by atoms with E-state index in [-0.39, 0.29) is 35.7 Å².